The van der Waals surface area contributed by atoms with Crippen molar-refractivity contribution in [2.45, 2.75) is 25.7 Å². The Morgan fingerprint density at radius 3 is 1.40 bits per heavy atom. The Morgan fingerprint density at radius 2 is 1.00 bits per heavy atom. The van der Waals surface area contributed by atoms with E-state index in [-0.39, 0.29) is 13.2 Å². The fraction of sp³-hybridized carbons (Fsp3) is 0.700. The maximum absolute atomic E-state index is 11.5. The number of nitrogens with one attached hydrogen (secondary N) is 2. The first-order valence-electron chi connectivity index (χ1n) is 10.1. The summed E-state index contributed by atoms with van der Waals surface area (Å²) < 4.78 is 30.1. The van der Waals surface area contributed by atoms with E-state index in [1.807, 2.05) is 0 Å². The van der Waals surface area contributed by atoms with E-state index < -0.39 is 12.2 Å². The smallest absolute Gasteiger partial charge is 0.407 e. The van der Waals surface area contributed by atoms with Gasteiger partial charge in [-0.3, -0.25) is 0 Å². The molecule has 0 saturated carbocycles. The predicted molar refractivity (Wildman–Crippen MR) is 111 cm³/mol. The van der Waals surface area contributed by atoms with Crippen molar-refractivity contribution < 1.29 is 38.0 Å². The molecule has 0 aromatic heterocycles. The zero-order chi connectivity index (χ0) is 22.1. The second-order valence-corrected chi connectivity index (χ2v) is 5.84. The van der Waals surface area contributed by atoms with E-state index in [0.717, 1.165) is 25.7 Å². The molecule has 10 heteroatoms. The van der Waals surface area contributed by atoms with E-state index in [1.165, 1.54) is 12.5 Å². The van der Waals surface area contributed by atoms with Crippen molar-refractivity contribution in [3.63, 3.8) is 0 Å². The fourth-order valence-corrected chi connectivity index (χ4v) is 2.06. The number of hydrogen-bond donors (Lipinski definition) is 2. The minimum atomic E-state index is -0.456. The number of rotatable bonds is 21. The van der Waals surface area contributed by atoms with E-state index >= 15 is 0 Å². The molecule has 0 heterocycles. The number of unbranched alkanes of at least 4 members (excludes halogenated alkanes) is 3. The molecule has 174 valence electrons. The lowest BCUT2D eigenvalue weighted by Crippen LogP contribution is -2.27. The highest BCUT2D eigenvalue weighted by atomic mass is 16.6. The SMILES string of the molecule is C=COCCOCCOC(=O)NCCCCCCNC(=O)OCCOCCOC=C. The highest BCUT2D eigenvalue weighted by Crippen LogP contribution is 1.98. The molecular formula is C20H36N2O8. The number of ether oxygens (including phenoxy) is 6. The van der Waals surface area contributed by atoms with Gasteiger partial charge in [0.15, 0.2) is 0 Å². The van der Waals surface area contributed by atoms with Crippen LogP contribution in [-0.2, 0) is 28.4 Å². The summed E-state index contributed by atoms with van der Waals surface area (Å²) in [5.41, 5.74) is 0. The summed E-state index contributed by atoms with van der Waals surface area (Å²) in [7, 11) is 0. The summed E-state index contributed by atoms with van der Waals surface area (Å²) in [6.45, 7) is 10.6. The highest BCUT2D eigenvalue weighted by Gasteiger charge is 2.02. The molecule has 10 nitrogen and oxygen atoms in total. The number of carbonyl (C=O) groups is 2. The molecule has 0 aromatic rings. The standard InChI is InChI=1S/C20H36N2O8/c1-3-25-11-13-27-15-17-29-19(23)21-9-7-5-6-8-10-22-20(24)30-18-16-28-14-12-26-4-2/h3-4H,1-2,5-18H2,(H,21,23)(H,22,24). The van der Waals surface area contributed by atoms with Gasteiger partial charge < -0.3 is 39.1 Å². The molecule has 0 bridgehead atoms. The van der Waals surface area contributed by atoms with Crippen LogP contribution >= 0.6 is 0 Å². The van der Waals surface area contributed by atoms with E-state index in [0.29, 0.717) is 52.7 Å². The lowest BCUT2D eigenvalue weighted by Gasteiger charge is -2.08. The van der Waals surface area contributed by atoms with Crippen LogP contribution in [0.4, 0.5) is 9.59 Å². The van der Waals surface area contributed by atoms with Crippen molar-refractivity contribution in [1.82, 2.24) is 10.6 Å². The first kappa shape index (κ1) is 27.5. The summed E-state index contributed by atoms with van der Waals surface area (Å²) in [6.07, 6.45) is 5.32. The second kappa shape index (κ2) is 22.8. The molecule has 0 aliphatic rings. The Bertz CT molecular complexity index is 409. The van der Waals surface area contributed by atoms with E-state index in [2.05, 4.69) is 23.8 Å². The first-order chi connectivity index (χ1) is 14.7. The van der Waals surface area contributed by atoms with E-state index in [4.69, 9.17) is 28.4 Å². The second-order valence-electron chi connectivity index (χ2n) is 5.84. The van der Waals surface area contributed by atoms with Crippen LogP contribution in [0.15, 0.2) is 25.7 Å². The van der Waals surface area contributed by atoms with Gasteiger partial charge in [0.25, 0.3) is 0 Å². The zero-order valence-corrected chi connectivity index (χ0v) is 17.7. The fourth-order valence-electron chi connectivity index (χ4n) is 2.06. The average molecular weight is 433 g/mol. The average Bonchev–Trinajstić information content (AvgIpc) is 2.74. The Morgan fingerprint density at radius 1 is 0.600 bits per heavy atom. The van der Waals surface area contributed by atoms with Crippen molar-refractivity contribution in [3.8, 4) is 0 Å². The minimum absolute atomic E-state index is 0.192. The Hall–Kier alpha value is -2.46. The van der Waals surface area contributed by atoms with Gasteiger partial charge in [-0.15, -0.1) is 0 Å². The molecule has 0 unspecified atom stereocenters. The quantitative estimate of drug-likeness (QED) is 0.210. The molecule has 0 aliphatic heterocycles. The number of hydrogen-bond acceptors (Lipinski definition) is 8. The molecule has 2 N–H and O–H groups in total. The van der Waals surface area contributed by atoms with Crippen LogP contribution < -0.4 is 10.6 Å². The van der Waals surface area contributed by atoms with Gasteiger partial charge in [-0.25, -0.2) is 9.59 Å². The lowest BCUT2D eigenvalue weighted by molar-refractivity contribution is 0.0500. The van der Waals surface area contributed by atoms with E-state index in [9.17, 15) is 9.59 Å². The van der Waals surface area contributed by atoms with E-state index in [1.54, 1.807) is 0 Å². The molecule has 30 heavy (non-hydrogen) atoms. The topological polar surface area (TPSA) is 114 Å². The molecule has 0 radical (unpaired) electrons. The van der Waals surface area contributed by atoms with Crippen molar-refractivity contribution in [2.24, 2.45) is 0 Å². The molecule has 0 rings (SSSR count). The predicted octanol–water partition coefficient (Wildman–Crippen LogP) is 2.35. The Kier molecular flexibility index (Phi) is 21.0. The van der Waals surface area contributed by atoms with Crippen LogP contribution in [0.1, 0.15) is 25.7 Å². The first-order valence-corrected chi connectivity index (χ1v) is 10.1. The minimum Gasteiger partial charge on any atom is -0.499 e. The molecule has 0 atom stereocenters. The molecular weight excluding hydrogens is 396 g/mol. The molecule has 0 aliphatic carbocycles. The molecule has 0 saturated heterocycles. The van der Waals surface area contributed by atoms with Crippen LogP contribution in [0, 0.1) is 0 Å². The van der Waals surface area contributed by atoms with Crippen LogP contribution in [0.25, 0.3) is 0 Å². The summed E-state index contributed by atoms with van der Waals surface area (Å²) in [6, 6.07) is 0. The summed E-state index contributed by atoms with van der Waals surface area (Å²) in [4.78, 5) is 22.9. The normalized spacial score (nSPS) is 10.0. The Labute approximate surface area is 178 Å². The van der Waals surface area contributed by atoms with Gasteiger partial charge in [0.2, 0.25) is 0 Å². The van der Waals surface area contributed by atoms with Crippen LogP contribution in [0.3, 0.4) is 0 Å². The molecule has 0 aromatic carbocycles. The highest BCUT2D eigenvalue weighted by molar-refractivity contribution is 5.67. The van der Waals surface area contributed by atoms with Crippen LogP contribution in [0.5, 0.6) is 0 Å². The van der Waals surface area contributed by atoms with Gasteiger partial charge >= 0.3 is 12.2 Å². The maximum Gasteiger partial charge on any atom is 0.407 e. The van der Waals surface area contributed by atoms with Gasteiger partial charge in [0.1, 0.15) is 26.4 Å². The van der Waals surface area contributed by atoms with Gasteiger partial charge in [0, 0.05) is 13.1 Å². The van der Waals surface area contributed by atoms with Crippen molar-refractivity contribution in [2.75, 3.05) is 65.9 Å². The van der Waals surface area contributed by atoms with Gasteiger partial charge in [-0.1, -0.05) is 26.0 Å². The summed E-state index contributed by atoms with van der Waals surface area (Å²) >= 11 is 0. The maximum atomic E-state index is 11.5. The van der Waals surface area contributed by atoms with Crippen molar-refractivity contribution in [3.05, 3.63) is 25.7 Å². The lowest BCUT2D eigenvalue weighted by atomic mass is 10.2. The third-order valence-corrected chi connectivity index (χ3v) is 3.49. The van der Waals surface area contributed by atoms with Crippen LogP contribution in [-0.4, -0.2) is 78.1 Å². The number of alkyl carbamates (subject to hydrolysis) is 2. The number of amides is 2. The molecule has 0 spiro atoms. The van der Waals surface area contributed by atoms with Gasteiger partial charge in [-0.05, 0) is 12.8 Å². The van der Waals surface area contributed by atoms with Crippen molar-refractivity contribution in [1.29, 1.82) is 0 Å². The monoisotopic (exact) mass is 432 g/mol. The summed E-state index contributed by atoms with van der Waals surface area (Å²) in [5, 5.41) is 5.36. The van der Waals surface area contributed by atoms with Crippen LogP contribution in [0.2, 0.25) is 0 Å². The largest absolute Gasteiger partial charge is 0.499 e. The third kappa shape index (κ3) is 21.8. The number of carbonyl (C=O) groups excluding carboxylic acids is 2. The molecule has 0 fully saturated rings. The van der Waals surface area contributed by atoms with Gasteiger partial charge in [-0.2, -0.15) is 0 Å². The van der Waals surface area contributed by atoms with Crippen molar-refractivity contribution >= 4 is 12.2 Å². The summed E-state index contributed by atoms with van der Waals surface area (Å²) in [5.74, 6) is 0. The van der Waals surface area contributed by atoms with Gasteiger partial charge in [0.05, 0.1) is 39.0 Å². The Balaban J connectivity index is 3.27. The molecule has 2 amide bonds. The third-order valence-electron chi connectivity index (χ3n) is 3.49. The zero-order valence-electron chi connectivity index (χ0n) is 17.7.